The Kier molecular flexibility index (Phi) is 5.88. The fraction of sp³-hybridized carbons (Fsp3) is 0.316. The predicted molar refractivity (Wildman–Crippen MR) is 97.8 cm³/mol. The third-order valence-corrected chi connectivity index (χ3v) is 4.16. The fourth-order valence-corrected chi connectivity index (χ4v) is 2.76. The molecular formula is C19H24N3O3+. The van der Waals surface area contributed by atoms with Gasteiger partial charge in [-0.1, -0.05) is 29.8 Å². The van der Waals surface area contributed by atoms with Crippen LogP contribution in [0.15, 0.2) is 36.4 Å². The van der Waals surface area contributed by atoms with E-state index in [1.807, 2.05) is 14.0 Å². The first-order valence-electron chi connectivity index (χ1n) is 8.18. The largest absolute Gasteiger partial charge is 0.326 e. The molecule has 25 heavy (non-hydrogen) atoms. The molecule has 6 heteroatoms. The summed E-state index contributed by atoms with van der Waals surface area (Å²) in [6, 6.07) is 10.8. The number of aryl methyl sites for hydroxylation is 3. The summed E-state index contributed by atoms with van der Waals surface area (Å²) in [5, 5.41) is 13.7. The van der Waals surface area contributed by atoms with Gasteiger partial charge in [-0.15, -0.1) is 0 Å². The van der Waals surface area contributed by atoms with Crippen molar-refractivity contribution in [1.82, 2.24) is 0 Å². The number of nitro groups is 1. The molecule has 2 rings (SSSR count). The standard InChI is InChI=1S/C19H23N3O3/c1-13-5-7-16(15(3)9-13)11-21(4)12-19(23)20-18-10-17(22(24)25)8-6-14(18)2/h5-10H,11-12H2,1-4H3,(H,20,23)/p+1. The van der Waals surface area contributed by atoms with Crippen LogP contribution in [-0.4, -0.2) is 24.4 Å². The molecule has 0 aliphatic rings. The highest BCUT2D eigenvalue weighted by Gasteiger charge is 2.15. The van der Waals surface area contributed by atoms with Crippen LogP contribution < -0.4 is 10.2 Å². The van der Waals surface area contributed by atoms with Crippen LogP contribution in [0, 0.1) is 30.9 Å². The van der Waals surface area contributed by atoms with Crippen molar-refractivity contribution in [2.24, 2.45) is 0 Å². The number of anilines is 1. The molecule has 0 spiro atoms. The molecule has 1 amide bonds. The van der Waals surface area contributed by atoms with E-state index in [-0.39, 0.29) is 18.1 Å². The Hall–Kier alpha value is -2.73. The molecule has 2 aromatic rings. The van der Waals surface area contributed by atoms with Gasteiger partial charge in [-0.2, -0.15) is 0 Å². The molecule has 0 saturated heterocycles. The summed E-state index contributed by atoms with van der Waals surface area (Å²) in [4.78, 5) is 23.7. The van der Waals surface area contributed by atoms with Gasteiger partial charge in [-0.25, -0.2) is 0 Å². The van der Waals surface area contributed by atoms with Gasteiger partial charge in [0.15, 0.2) is 6.54 Å². The van der Waals surface area contributed by atoms with Crippen LogP contribution >= 0.6 is 0 Å². The second kappa shape index (κ2) is 7.90. The van der Waals surface area contributed by atoms with E-state index in [9.17, 15) is 14.9 Å². The third-order valence-electron chi connectivity index (χ3n) is 4.16. The van der Waals surface area contributed by atoms with Crippen molar-refractivity contribution < 1.29 is 14.6 Å². The summed E-state index contributed by atoms with van der Waals surface area (Å²) in [6.45, 7) is 6.97. The van der Waals surface area contributed by atoms with Crippen LogP contribution in [0.5, 0.6) is 0 Å². The van der Waals surface area contributed by atoms with Crippen molar-refractivity contribution in [3.63, 3.8) is 0 Å². The second-order valence-electron chi connectivity index (χ2n) is 6.55. The van der Waals surface area contributed by atoms with E-state index in [4.69, 9.17) is 0 Å². The first-order chi connectivity index (χ1) is 11.8. The number of nitrogens with one attached hydrogen (secondary N) is 2. The molecule has 1 atom stereocenters. The third kappa shape index (κ3) is 5.12. The van der Waals surface area contributed by atoms with E-state index < -0.39 is 4.92 Å². The van der Waals surface area contributed by atoms with Crippen LogP contribution in [0.25, 0.3) is 0 Å². The monoisotopic (exact) mass is 342 g/mol. The Morgan fingerprint density at radius 2 is 1.84 bits per heavy atom. The maximum atomic E-state index is 12.3. The van der Waals surface area contributed by atoms with Crippen LogP contribution in [-0.2, 0) is 11.3 Å². The summed E-state index contributed by atoms with van der Waals surface area (Å²) in [7, 11) is 1.96. The minimum absolute atomic E-state index is 0.0307. The highest BCUT2D eigenvalue weighted by molar-refractivity contribution is 5.92. The van der Waals surface area contributed by atoms with Crippen molar-refractivity contribution in [3.8, 4) is 0 Å². The molecule has 0 heterocycles. The van der Waals surface area contributed by atoms with E-state index in [1.165, 1.54) is 28.8 Å². The van der Waals surface area contributed by atoms with Gasteiger partial charge in [-0.3, -0.25) is 14.9 Å². The molecule has 0 aliphatic carbocycles. The number of quaternary nitrogens is 1. The van der Waals surface area contributed by atoms with Crippen LogP contribution in [0.1, 0.15) is 22.3 Å². The molecule has 132 valence electrons. The van der Waals surface area contributed by atoms with Crippen LogP contribution in [0.3, 0.4) is 0 Å². The number of benzene rings is 2. The lowest BCUT2D eigenvalue weighted by Gasteiger charge is -2.16. The highest BCUT2D eigenvalue weighted by atomic mass is 16.6. The fourth-order valence-electron chi connectivity index (χ4n) is 2.76. The quantitative estimate of drug-likeness (QED) is 0.624. The van der Waals surface area contributed by atoms with Gasteiger partial charge >= 0.3 is 0 Å². The molecule has 0 aliphatic heterocycles. The van der Waals surface area contributed by atoms with Crippen molar-refractivity contribution in [2.75, 3.05) is 18.9 Å². The molecule has 0 bridgehead atoms. The molecule has 0 aromatic heterocycles. The average Bonchev–Trinajstić information content (AvgIpc) is 2.52. The van der Waals surface area contributed by atoms with Gasteiger partial charge in [0.1, 0.15) is 6.54 Å². The number of hydrogen-bond donors (Lipinski definition) is 2. The molecule has 1 unspecified atom stereocenters. The summed E-state index contributed by atoms with van der Waals surface area (Å²) in [5.74, 6) is -0.161. The highest BCUT2D eigenvalue weighted by Crippen LogP contribution is 2.21. The summed E-state index contributed by atoms with van der Waals surface area (Å²) < 4.78 is 0. The molecular weight excluding hydrogens is 318 g/mol. The number of rotatable bonds is 6. The molecule has 0 radical (unpaired) electrons. The van der Waals surface area contributed by atoms with Crippen molar-refractivity contribution in [1.29, 1.82) is 0 Å². The normalized spacial score (nSPS) is 11.8. The van der Waals surface area contributed by atoms with E-state index >= 15 is 0 Å². The van der Waals surface area contributed by atoms with Gasteiger partial charge in [0.25, 0.3) is 11.6 Å². The zero-order valence-corrected chi connectivity index (χ0v) is 15.1. The van der Waals surface area contributed by atoms with E-state index in [2.05, 4.69) is 37.4 Å². The number of carbonyl (C=O) groups is 1. The average molecular weight is 342 g/mol. The number of carbonyl (C=O) groups excluding carboxylic acids is 1. The predicted octanol–water partition coefficient (Wildman–Crippen LogP) is 2.17. The zero-order valence-electron chi connectivity index (χ0n) is 15.1. The summed E-state index contributed by atoms with van der Waals surface area (Å²) >= 11 is 0. The van der Waals surface area contributed by atoms with Gasteiger partial charge in [0, 0.05) is 17.7 Å². The number of amides is 1. The lowest BCUT2D eigenvalue weighted by atomic mass is 10.1. The lowest BCUT2D eigenvalue weighted by Crippen LogP contribution is -3.08. The number of non-ortho nitro benzene ring substituents is 1. The first-order valence-corrected chi connectivity index (χ1v) is 8.18. The van der Waals surface area contributed by atoms with Crippen LogP contribution in [0.2, 0.25) is 0 Å². The zero-order chi connectivity index (χ0) is 18.6. The Labute approximate surface area is 147 Å². The Bertz CT molecular complexity index is 802. The van der Waals surface area contributed by atoms with Crippen molar-refractivity contribution in [3.05, 3.63) is 68.8 Å². The SMILES string of the molecule is Cc1ccc(C[NH+](C)CC(=O)Nc2cc([N+](=O)[O-])ccc2C)c(C)c1. The van der Waals surface area contributed by atoms with Gasteiger partial charge < -0.3 is 10.2 Å². The summed E-state index contributed by atoms with van der Waals surface area (Å²) in [6.07, 6.45) is 0. The Balaban J connectivity index is 2.00. The number of nitro benzene ring substituents is 1. The second-order valence-corrected chi connectivity index (χ2v) is 6.55. The smallest absolute Gasteiger partial charge is 0.279 e. The van der Waals surface area contributed by atoms with Crippen molar-refractivity contribution >= 4 is 17.3 Å². The maximum Gasteiger partial charge on any atom is 0.279 e. The molecule has 2 aromatic carbocycles. The van der Waals surface area contributed by atoms with Gasteiger partial charge in [0.2, 0.25) is 0 Å². The number of hydrogen-bond acceptors (Lipinski definition) is 3. The maximum absolute atomic E-state index is 12.3. The minimum atomic E-state index is -0.466. The van der Waals surface area contributed by atoms with Gasteiger partial charge in [0.05, 0.1) is 17.7 Å². The molecule has 0 fully saturated rings. The van der Waals surface area contributed by atoms with Crippen LogP contribution in [0.4, 0.5) is 11.4 Å². The Morgan fingerprint density at radius 1 is 1.12 bits per heavy atom. The topological polar surface area (TPSA) is 76.7 Å². The van der Waals surface area contributed by atoms with E-state index in [1.54, 1.807) is 6.07 Å². The lowest BCUT2D eigenvalue weighted by molar-refractivity contribution is -0.885. The summed E-state index contributed by atoms with van der Waals surface area (Å²) in [5.41, 5.74) is 4.90. The number of nitrogens with zero attached hydrogens (tertiary/aromatic N) is 1. The van der Waals surface area contributed by atoms with E-state index in [0.29, 0.717) is 5.69 Å². The first kappa shape index (κ1) is 18.6. The molecule has 0 saturated carbocycles. The minimum Gasteiger partial charge on any atom is -0.326 e. The Morgan fingerprint density at radius 3 is 2.48 bits per heavy atom. The molecule has 6 nitrogen and oxygen atoms in total. The van der Waals surface area contributed by atoms with Crippen molar-refractivity contribution in [2.45, 2.75) is 27.3 Å². The molecule has 2 N–H and O–H groups in total. The van der Waals surface area contributed by atoms with Gasteiger partial charge in [-0.05, 0) is 31.9 Å². The number of likely N-dealkylation sites (N-methyl/N-ethyl adjacent to an activating group) is 1. The van der Waals surface area contributed by atoms with E-state index in [0.717, 1.165) is 17.0 Å².